The highest BCUT2D eigenvalue weighted by atomic mass is 32.1. The fraction of sp³-hybridized carbons (Fsp3) is 0.125. The summed E-state index contributed by atoms with van der Waals surface area (Å²) in [5.74, 6) is -0.218. The molecule has 2 aromatic rings. The molecule has 2 aromatic carbocycles. The SMILES string of the molecule is CC.O=C(NC(=S)Nc1ccccc1)c1ccccc1.[HH].[HH]. The van der Waals surface area contributed by atoms with Crippen LogP contribution in [0, 0.1) is 0 Å². The Balaban J connectivity index is 0. The van der Waals surface area contributed by atoms with Gasteiger partial charge in [0.05, 0.1) is 0 Å². The van der Waals surface area contributed by atoms with Crippen LogP contribution in [0.5, 0.6) is 0 Å². The van der Waals surface area contributed by atoms with Crippen LogP contribution >= 0.6 is 12.2 Å². The molecule has 0 spiro atoms. The molecule has 3 nitrogen and oxygen atoms in total. The molecular weight excluding hydrogens is 268 g/mol. The Kier molecular flexibility index (Phi) is 7.00. The zero-order chi connectivity index (χ0) is 14.8. The van der Waals surface area contributed by atoms with E-state index in [1.54, 1.807) is 12.1 Å². The smallest absolute Gasteiger partial charge is 0.257 e. The first kappa shape index (κ1) is 15.9. The van der Waals surface area contributed by atoms with Crippen molar-refractivity contribution in [3.05, 3.63) is 66.2 Å². The number of carbonyl (C=O) groups excluding carboxylic acids is 1. The number of rotatable bonds is 2. The number of anilines is 1. The minimum absolute atomic E-state index is 0. The lowest BCUT2D eigenvalue weighted by molar-refractivity contribution is 0.0978. The molecule has 2 rings (SSSR count). The summed E-state index contributed by atoms with van der Waals surface area (Å²) >= 11 is 5.07. The molecule has 0 bridgehead atoms. The molecule has 0 aliphatic carbocycles. The number of thiocarbonyl (C=S) groups is 1. The van der Waals surface area contributed by atoms with Gasteiger partial charge in [0.15, 0.2) is 5.11 Å². The molecule has 2 N–H and O–H groups in total. The molecule has 108 valence electrons. The van der Waals surface area contributed by atoms with Crippen molar-refractivity contribution in [3.8, 4) is 0 Å². The van der Waals surface area contributed by atoms with Crippen LogP contribution < -0.4 is 10.6 Å². The summed E-state index contributed by atoms with van der Waals surface area (Å²) in [6.45, 7) is 4.00. The van der Waals surface area contributed by atoms with Gasteiger partial charge in [-0.05, 0) is 36.5 Å². The molecule has 0 fully saturated rings. The van der Waals surface area contributed by atoms with Crippen LogP contribution in [0.2, 0.25) is 0 Å². The predicted molar refractivity (Wildman–Crippen MR) is 92.1 cm³/mol. The van der Waals surface area contributed by atoms with Gasteiger partial charge in [-0.15, -0.1) is 0 Å². The van der Waals surface area contributed by atoms with Gasteiger partial charge < -0.3 is 5.32 Å². The summed E-state index contributed by atoms with van der Waals surface area (Å²) in [4.78, 5) is 11.8. The number of hydrogen-bond acceptors (Lipinski definition) is 2. The van der Waals surface area contributed by atoms with Crippen molar-refractivity contribution in [2.24, 2.45) is 0 Å². The van der Waals surface area contributed by atoms with Gasteiger partial charge in [0, 0.05) is 14.1 Å². The third kappa shape index (κ3) is 5.20. The highest BCUT2D eigenvalue weighted by molar-refractivity contribution is 7.80. The molecule has 0 aromatic heterocycles. The fourth-order valence-electron chi connectivity index (χ4n) is 1.45. The minimum Gasteiger partial charge on any atom is -0.332 e. The lowest BCUT2D eigenvalue weighted by Crippen LogP contribution is -2.34. The number of carbonyl (C=O) groups is 1. The van der Waals surface area contributed by atoms with Crippen molar-refractivity contribution >= 4 is 28.9 Å². The van der Waals surface area contributed by atoms with E-state index in [2.05, 4.69) is 10.6 Å². The number of hydrogen-bond donors (Lipinski definition) is 2. The third-order valence-electron chi connectivity index (χ3n) is 2.29. The van der Waals surface area contributed by atoms with E-state index in [0.717, 1.165) is 5.69 Å². The summed E-state index contributed by atoms with van der Waals surface area (Å²) in [6.07, 6.45) is 0. The standard InChI is InChI=1S/C14H12N2OS.C2H6.2H2/c17-13(11-7-3-1-4-8-11)16-14(18)15-12-9-5-2-6-10-12;1-2;;/h1-10H,(H2,15,16,17,18);1-2H3;2*1H. The number of para-hydroxylation sites is 1. The van der Waals surface area contributed by atoms with E-state index in [4.69, 9.17) is 12.2 Å². The summed E-state index contributed by atoms with van der Waals surface area (Å²) in [5.41, 5.74) is 1.42. The van der Waals surface area contributed by atoms with Crippen LogP contribution in [0.25, 0.3) is 0 Å². The largest absolute Gasteiger partial charge is 0.332 e. The highest BCUT2D eigenvalue weighted by Gasteiger charge is 2.06. The van der Waals surface area contributed by atoms with Crippen molar-refractivity contribution in [1.29, 1.82) is 0 Å². The van der Waals surface area contributed by atoms with Crippen LogP contribution in [0.1, 0.15) is 27.1 Å². The van der Waals surface area contributed by atoms with E-state index in [9.17, 15) is 4.79 Å². The maximum absolute atomic E-state index is 11.8. The van der Waals surface area contributed by atoms with E-state index in [1.807, 2.05) is 62.4 Å². The fourth-order valence-corrected chi connectivity index (χ4v) is 1.66. The monoisotopic (exact) mass is 290 g/mol. The Morgan fingerprint density at radius 2 is 1.45 bits per heavy atom. The van der Waals surface area contributed by atoms with E-state index in [0.29, 0.717) is 5.56 Å². The molecule has 0 saturated heterocycles. The summed E-state index contributed by atoms with van der Waals surface area (Å²) in [7, 11) is 0. The molecule has 20 heavy (non-hydrogen) atoms. The van der Waals surface area contributed by atoms with Gasteiger partial charge >= 0.3 is 0 Å². The van der Waals surface area contributed by atoms with Gasteiger partial charge in [-0.1, -0.05) is 50.2 Å². The van der Waals surface area contributed by atoms with Crippen molar-refractivity contribution < 1.29 is 7.65 Å². The third-order valence-corrected chi connectivity index (χ3v) is 2.50. The Bertz CT molecular complexity index is 551. The van der Waals surface area contributed by atoms with Gasteiger partial charge in [-0.25, -0.2) is 0 Å². The topological polar surface area (TPSA) is 41.1 Å². The van der Waals surface area contributed by atoms with Crippen molar-refractivity contribution in [2.45, 2.75) is 13.8 Å². The Morgan fingerprint density at radius 1 is 0.950 bits per heavy atom. The van der Waals surface area contributed by atoms with Crippen LogP contribution in [0.3, 0.4) is 0 Å². The maximum Gasteiger partial charge on any atom is 0.257 e. The molecular formula is C16H22N2OS. The molecule has 0 saturated carbocycles. The lowest BCUT2D eigenvalue weighted by Gasteiger charge is -2.09. The van der Waals surface area contributed by atoms with E-state index in [1.165, 1.54) is 0 Å². The second-order valence-corrected chi connectivity index (χ2v) is 4.05. The summed E-state index contributed by atoms with van der Waals surface area (Å²) < 4.78 is 0. The van der Waals surface area contributed by atoms with Crippen molar-refractivity contribution in [1.82, 2.24) is 5.32 Å². The quantitative estimate of drug-likeness (QED) is 0.809. The van der Waals surface area contributed by atoms with Gasteiger partial charge in [-0.3, -0.25) is 10.1 Å². The first-order chi connectivity index (χ1) is 9.75. The molecule has 0 unspecified atom stereocenters. The highest BCUT2D eigenvalue weighted by Crippen LogP contribution is 2.05. The van der Waals surface area contributed by atoms with Gasteiger partial charge in [-0.2, -0.15) is 0 Å². The lowest BCUT2D eigenvalue weighted by atomic mass is 10.2. The van der Waals surface area contributed by atoms with Crippen LogP contribution in [0.4, 0.5) is 5.69 Å². The van der Waals surface area contributed by atoms with E-state index in [-0.39, 0.29) is 13.9 Å². The zero-order valence-corrected chi connectivity index (χ0v) is 12.4. The zero-order valence-electron chi connectivity index (χ0n) is 11.6. The Morgan fingerprint density at radius 3 is 2.00 bits per heavy atom. The minimum atomic E-state index is -0.218. The van der Waals surface area contributed by atoms with Gasteiger partial charge in [0.25, 0.3) is 5.91 Å². The van der Waals surface area contributed by atoms with Crippen LogP contribution in [0.15, 0.2) is 60.7 Å². The van der Waals surface area contributed by atoms with Crippen LogP contribution in [-0.2, 0) is 0 Å². The van der Waals surface area contributed by atoms with Gasteiger partial charge in [0.2, 0.25) is 0 Å². The summed E-state index contributed by atoms with van der Waals surface area (Å²) in [6, 6.07) is 18.4. The molecule has 0 atom stereocenters. The second-order valence-electron chi connectivity index (χ2n) is 3.64. The number of nitrogens with one attached hydrogen (secondary N) is 2. The molecule has 1 amide bonds. The van der Waals surface area contributed by atoms with E-state index < -0.39 is 0 Å². The first-order valence-electron chi connectivity index (χ1n) is 6.48. The average Bonchev–Trinajstić information content (AvgIpc) is 2.51. The second kappa shape index (κ2) is 8.82. The number of amides is 1. The first-order valence-corrected chi connectivity index (χ1v) is 6.89. The molecule has 0 heterocycles. The van der Waals surface area contributed by atoms with Crippen LogP contribution in [-0.4, -0.2) is 11.0 Å². The Labute approximate surface area is 128 Å². The maximum atomic E-state index is 11.8. The number of benzene rings is 2. The molecule has 0 aliphatic heterocycles. The van der Waals surface area contributed by atoms with Crippen molar-refractivity contribution in [3.63, 3.8) is 0 Å². The van der Waals surface area contributed by atoms with E-state index >= 15 is 0 Å². The van der Waals surface area contributed by atoms with Crippen molar-refractivity contribution in [2.75, 3.05) is 5.32 Å². The molecule has 4 heteroatoms. The normalized spacial score (nSPS) is 8.90. The predicted octanol–water partition coefficient (Wildman–Crippen LogP) is 4.33. The molecule has 0 radical (unpaired) electrons. The van der Waals surface area contributed by atoms with Gasteiger partial charge in [0.1, 0.15) is 0 Å². The average molecular weight is 290 g/mol. The molecule has 0 aliphatic rings. The summed E-state index contributed by atoms with van der Waals surface area (Å²) in [5, 5.41) is 5.86. The Hall–Kier alpha value is -2.20.